The van der Waals surface area contributed by atoms with Crippen LogP contribution in [-0.4, -0.2) is 23.0 Å². The van der Waals surface area contributed by atoms with Crippen molar-refractivity contribution in [3.05, 3.63) is 29.8 Å². The fourth-order valence-electron chi connectivity index (χ4n) is 1.41. The maximum absolute atomic E-state index is 12.3. The molecule has 2 amide bonds. The summed E-state index contributed by atoms with van der Waals surface area (Å²) in [4.78, 5) is 12.1. The Labute approximate surface area is 109 Å². The zero-order valence-corrected chi connectivity index (χ0v) is 11.9. The smallest absolute Gasteiger partial charge is 0.336 e. The molecule has 0 aliphatic heterocycles. The van der Waals surface area contributed by atoms with Crippen molar-refractivity contribution < 1.29 is 9.00 Å². The molecule has 0 aliphatic carbocycles. The van der Waals surface area contributed by atoms with Gasteiger partial charge in [-0.2, -0.15) is 0 Å². The topological polar surface area (TPSA) is 58.5 Å². The van der Waals surface area contributed by atoms with E-state index in [9.17, 15) is 9.00 Å². The van der Waals surface area contributed by atoms with Crippen LogP contribution < -0.4 is 5.32 Å². The van der Waals surface area contributed by atoms with Gasteiger partial charge in [-0.15, -0.1) is 4.36 Å². The predicted molar refractivity (Wildman–Crippen MR) is 74.2 cm³/mol. The van der Waals surface area contributed by atoms with Crippen molar-refractivity contribution in [3.63, 3.8) is 0 Å². The average molecular weight is 268 g/mol. The van der Waals surface area contributed by atoms with E-state index in [1.807, 2.05) is 26.0 Å². The second-order valence-electron chi connectivity index (χ2n) is 4.29. The van der Waals surface area contributed by atoms with Gasteiger partial charge in [0.05, 0.1) is 9.73 Å². The molecule has 4 nitrogen and oxygen atoms in total. The molecule has 1 N–H and O–H groups in total. The molecule has 0 saturated heterocycles. The number of rotatable bonds is 4. The highest BCUT2D eigenvalue weighted by molar-refractivity contribution is 7.93. The Morgan fingerprint density at radius 3 is 2.50 bits per heavy atom. The van der Waals surface area contributed by atoms with Crippen molar-refractivity contribution in [2.24, 2.45) is 4.36 Å². The second kappa shape index (κ2) is 6.54. The van der Waals surface area contributed by atoms with Gasteiger partial charge in [0, 0.05) is 17.7 Å². The molecule has 0 aliphatic rings. The molecular weight excluding hydrogens is 248 g/mol. The molecule has 0 saturated carbocycles. The SMILES string of the molecule is CCCCNC(=O)N=S(C)(=O)c1ccc(C)cc1. The van der Waals surface area contributed by atoms with Crippen LogP contribution in [0.15, 0.2) is 33.5 Å². The van der Waals surface area contributed by atoms with Gasteiger partial charge in [-0.05, 0) is 25.5 Å². The van der Waals surface area contributed by atoms with Crippen molar-refractivity contribution in [3.8, 4) is 0 Å². The lowest BCUT2D eigenvalue weighted by atomic mass is 10.2. The van der Waals surface area contributed by atoms with Gasteiger partial charge in [0.2, 0.25) is 0 Å². The molecule has 0 aromatic heterocycles. The number of urea groups is 1. The summed E-state index contributed by atoms with van der Waals surface area (Å²) in [5.74, 6) is 0. The van der Waals surface area contributed by atoms with Gasteiger partial charge >= 0.3 is 6.03 Å². The zero-order valence-electron chi connectivity index (χ0n) is 11.1. The summed E-state index contributed by atoms with van der Waals surface area (Å²) in [5.41, 5.74) is 1.08. The van der Waals surface area contributed by atoms with Gasteiger partial charge in [-0.1, -0.05) is 31.0 Å². The average Bonchev–Trinajstić information content (AvgIpc) is 2.29. The van der Waals surface area contributed by atoms with Crippen LogP contribution in [0.25, 0.3) is 0 Å². The monoisotopic (exact) mass is 268 g/mol. The van der Waals surface area contributed by atoms with Crippen LogP contribution in [0.2, 0.25) is 0 Å². The van der Waals surface area contributed by atoms with Crippen LogP contribution >= 0.6 is 0 Å². The largest absolute Gasteiger partial charge is 0.349 e. The highest BCUT2D eigenvalue weighted by atomic mass is 32.2. The molecule has 5 heteroatoms. The van der Waals surface area contributed by atoms with Gasteiger partial charge in [0.15, 0.2) is 0 Å². The number of amides is 2. The zero-order chi connectivity index (χ0) is 13.6. The Bertz CT molecular complexity index is 514. The third-order valence-electron chi connectivity index (χ3n) is 2.52. The van der Waals surface area contributed by atoms with E-state index in [0.29, 0.717) is 11.4 Å². The van der Waals surface area contributed by atoms with E-state index in [1.54, 1.807) is 12.1 Å². The standard InChI is InChI=1S/C13H20N2O2S/c1-4-5-10-14-13(16)15-18(3,17)12-8-6-11(2)7-9-12/h6-9H,4-5,10H2,1-3H3,(H,14,16). The van der Waals surface area contributed by atoms with Gasteiger partial charge in [0.25, 0.3) is 0 Å². The maximum Gasteiger partial charge on any atom is 0.349 e. The van der Waals surface area contributed by atoms with Crippen molar-refractivity contribution in [2.75, 3.05) is 12.8 Å². The van der Waals surface area contributed by atoms with E-state index in [4.69, 9.17) is 0 Å². The van der Waals surface area contributed by atoms with Crippen LogP contribution in [0.3, 0.4) is 0 Å². The fourth-order valence-corrected chi connectivity index (χ4v) is 2.53. The summed E-state index contributed by atoms with van der Waals surface area (Å²) in [6.07, 6.45) is 3.38. The summed E-state index contributed by atoms with van der Waals surface area (Å²) in [5, 5.41) is 2.64. The molecule has 1 aromatic carbocycles. The molecule has 0 heterocycles. The second-order valence-corrected chi connectivity index (χ2v) is 6.55. The highest BCUT2D eigenvalue weighted by Gasteiger charge is 2.08. The Balaban J connectivity index is 2.82. The summed E-state index contributed by atoms with van der Waals surface area (Å²) in [7, 11) is -2.65. The Hall–Kier alpha value is -1.36. The third-order valence-corrected chi connectivity index (χ3v) is 4.18. The number of aryl methyl sites for hydroxylation is 1. The van der Waals surface area contributed by atoms with Crippen LogP contribution in [0.1, 0.15) is 25.3 Å². The summed E-state index contributed by atoms with van der Waals surface area (Å²) in [6.45, 7) is 4.57. The summed E-state index contributed by atoms with van der Waals surface area (Å²) < 4.78 is 16.1. The van der Waals surface area contributed by atoms with Crippen LogP contribution in [0, 0.1) is 6.92 Å². The quantitative estimate of drug-likeness (QED) is 0.853. The van der Waals surface area contributed by atoms with Gasteiger partial charge in [-0.25, -0.2) is 9.00 Å². The lowest BCUT2D eigenvalue weighted by molar-refractivity contribution is 0.249. The van der Waals surface area contributed by atoms with Crippen LogP contribution in [0.4, 0.5) is 4.79 Å². The first-order valence-electron chi connectivity index (χ1n) is 6.02. The number of carbonyl (C=O) groups is 1. The van der Waals surface area contributed by atoms with Crippen molar-refractivity contribution in [1.29, 1.82) is 0 Å². The van der Waals surface area contributed by atoms with Crippen LogP contribution in [-0.2, 0) is 9.73 Å². The number of hydrogen-bond donors (Lipinski definition) is 1. The number of nitrogens with zero attached hydrogens (tertiary/aromatic N) is 1. The van der Waals surface area contributed by atoms with E-state index in [0.717, 1.165) is 18.4 Å². The van der Waals surface area contributed by atoms with Gasteiger partial charge < -0.3 is 5.32 Å². The van der Waals surface area contributed by atoms with E-state index in [1.165, 1.54) is 6.26 Å². The fraction of sp³-hybridized carbons (Fsp3) is 0.462. The molecule has 100 valence electrons. The minimum Gasteiger partial charge on any atom is -0.336 e. The molecule has 0 radical (unpaired) electrons. The third kappa shape index (κ3) is 4.49. The normalized spacial score (nSPS) is 13.7. The number of carbonyl (C=O) groups excluding carboxylic acids is 1. The molecule has 0 spiro atoms. The van der Waals surface area contributed by atoms with Crippen LogP contribution in [0.5, 0.6) is 0 Å². The Morgan fingerprint density at radius 1 is 1.33 bits per heavy atom. The molecular formula is C13H20N2O2S. The summed E-state index contributed by atoms with van der Waals surface area (Å²) in [6, 6.07) is 6.73. The lowest BCUT2D eigenvalue weighted by Crippen LogP contribution is -2.22. The van der Waals surface area contributed by atoms with Gasteiger partial charge in [0.1, 0.15) is 0 Å². The minimum absolute atomic E-state index is 0.503. The van der Waals surface area contributed by atoms with Crippen molar-refractivity contribution >= 4 is 15.8 Å². The number of benzene rings is 1. The minimum atomic E-state index is -2.65. The van der Waals surface area contributed by atoms with E-state index in [2.05, 4.69) is 9.68 Å². The highest BCUT2D eigenvalue weighted by Crippen LogP contribution is 2.12. The molecule has 0 bridgehead atoms. The first-order chi connectivity index (χ1) is 8.45. The Kier molecular flexibility index (Phi) is 5.34. The molecule has 1 aromatic rings. The number of unbranched alkanes of at least 4 members (excludes halogenated alkanes) is 1. The van der Waals surface area contributed by atoms with Crippen molar-refractivity contribution in [2.45, 2.75) is 31.6 Å². The number of nitrogens with one attached hydrogen (secondary N) is 1. The molecule has 1 atom stereocenters. The first-order valence-corrected chi connectivity index (χ1v) is 7.94. The molecule has 18 heavy (non-hydrogen) atoms. The molecule has 0 fully saturated rings. The van der Waals surface area contributed by atoms with E-state index >= 15 is 0 Å². The molecule has 1 unspecified atom stereocenters. The van der Waals surface area contributed by atoms with Gasteiger partial charge in [-0.3, -0.25) is 0 Å². The van der Waals surface area contributed by atoms with E-state index in [-0.39, 0.29) is 0 Å². The van der Waals surface area contributed by atoms with E-state index < -0.39 is 15.8 Å². The maximum atomic E-state index is 12.3. The molecule has 1 rings (SSSR count). The first kappa shape index (κ1) is 14.7. The Morgan fingerprint density at radius 2 is 1.94 bits per heavy atom. The van der Waals surface area contributed by atoms with Crippen molar-refractivity contribution in [1.82, 2.24) is 5.32 Å². The summed E-state index contributed by atoms with van der Waals surface area (Å²) >= 11 is 0. The number of hydrogen-bond acceptors (Lipinski definition) is 2. The predicted octanol–water partition coefficient (Wildman–Crippen LogP) is 2.96. The lowest BCUT2D eigenvalue weighted by Gasteiger charge is -2.05.